The van der Waals surface area contributed by atoms with Crippen LogP contribution in [-0.4, -0.2) is 13.1 Å². The molecule has 0 atom stereocenters. The maximum atomic E-state index is 11.6. The molecule has 0 aliphatic carbocycles. The van der Waals surface area contributed by atoms with E-state index in [1.165, 1.54) is 18.2 Å². The molecule has 0 saturated carbocycles. The van der Waals surface area contributed by atoms with E-state index in [4.69, 9.17) is 10.5 Å². The Hall–Kier alpha value is -2.49. The first kappa shape index (κ1) is 14.9. The van der Waals surface area contributed by atoms with Crippen LogP contribution in [0.15, 0.2) is 42.5 Å². The Balaban J connectivity index is 2.19. The van der Waals surface area contributed by atoms with E-state index in [1.807, 2.05) is 18.2 Å². The second-order valence-electron chi connectivity index (χ2n) is 4.73. The van der Waals surface area contributed by atoms with E-state index in [0.717, 1.165) is 12.1 Å². The van der Waals surface area contributed by atoms with Crippen molar-refractivity contribution in [2.45, 2.75) is 19.9 Å². The number of methoxy groups -OCH3 is 1. The quantitative estimate of drug-likeness (QED) is 0.653. The van der Waals surface area contributed by atoms with Crippen molar-refractivity contribution in [2.24, 2.45) is 0 Å². The van der Waals surface area contributed by atoms with Crippen LogP contribution in [-0.2, 0) is 17.7 Å². The van der Waals surface area contributed by atoms with E-state index < -0.39 is 5.97 Å². The molecule has 0 bridgehead atoms. The molecule has 0 radical (unpaired) electrons. The van der Waals surface area contributed by atoms with Gasteiger partial charge in [-0.25, -0.2) is 4.79 Å². The Bertz CT molecular complexity index is 638. The third-order valence-electron chi connectivity index (χ3n) is 3.48. The summed E-state index contributed by atoms with van der Waals surface area (Å²) >= 11 is 0. The van der Waals surface area contributed by atoms with E-state index in [1.54, 1.807) is 12.1 Å². The highest BCUT2D eigenvalue weighted by atomic mass is 16.5. The van der Waals surface area contributed by atoms with Crippen molar-refractivity contribution < 1.29 is 9.53 Å². The van der Waals surface area contributed by atoms with Gasteiger partial charge in [0, 0.05) is 6.54 Å². The molecule has 21 heavy (non-hydrogen) atoms. The van der Waals surface area contributed by atoms with Crippen LogP contribution in [0.4, 0.5) is 11.4 Å². The van der Waals surface area contributed by atoms with Crippen molar-refractivity contribution in [3.63, 3.8) is 0 Å². The number of carbonyl (C=O) groups is 1. The van der Waals surface area contributed by atoms with Crippen LogP contribution in [0.1, 0.15) is 28.4 Å². The smallest absolute Gasteiger partial charge is 0.340 e. The molecule has 0 fully saturated rings. The summed E-state index contributed by atoms with van der Waals surface area (Å²) in [5.41, 5.74) is 10.1. The minimum Gasteiger partial charge on any atom is -0.465 e. The maximum Gasteiger partial charge on any atom is 0.340 e. The third-order valence-corrected chi connectivity index (χ3v) is 3.48. The van der Waals surface area contributed by atoms with Crippen molar-refractivity contribution in [3.8, 4) is 0 Å². The average Bonchev–Trinajstić information content (AvgIpc) is 2.53. The minimum absolute atomic E-state index is 0.381. The van der Waals surface area contributed by atoms with Crippen molar-refractivity contribution >= 4 is 17.3 Å². The van der Waals surface area contributed by atoms with Crippen molar-refractivity contribution in [3.05, 3.63) is 59.2 Å². The summed E-state index contributed by atoms with van der Waals surface area (Å²) in [6.45, 7) is 2.80. The first-order valence-corrected chi connectivity index (χ1v) is 6.94. The van der Waals surface area contributed by atoms with Crippen LogP contribution in [0.3, 0.4) is 0 Å². The lowest BCUT2D eigenvalue weighted by atomic mass is 10.1. The average molecular weight is 284 g/mol. The number of benzene rings is 2. The Morgan fingerprint density at radius 2 is 1.86 bits per heavy atom. The molecule has 4 nitrogen and oxygen atoms in total. The second kappa shape index (κ2) is 6.79. The predicted molar refractivity (Wildman–Crippen MR) is 85.3 cm³/mol. The van der Waals surface area contributed by atoms with E-state index in [9.17, 15) is 4.79 Å². The number of nitrogen functional groups attached to an aromatic ring is 1. The first-order chi connectivity index (χ1) is 10.2. The van der Waals surface area contributed by atoms with Gasteiger partial charge >= 0.3 is 5.97 Å². The predicted octanol–water partition coefficient (Wildman–Crippen LogP) is 3.23. The third kappa shape index (κ3) is 3.34. The summed E-state index contributed by atoms with van der Waals surface area (Å²) in [4.78, 5) is 11.6. The highest BCUT2D eigenvalue weighted by Gasteiger charge is 2.12. The number of para-hydroxylation sites is 1. The molecule has 0 spiro atoms. The van der Waals surface area contributed by atoms with Crippen LogP contribution in [0.2, 0.25) is 0 Å². The Labute approximate surface area is 124 Å². The lowest BCUT2D eigenvalue weighted by Gasteiger charge is -2.13. The van der Waals surface area contributed by atoms with E-state index in [2.05, 4.69) is 24.4 Å². The van der Waals surface area contributed by atoms with Crippen molar-refractivity contribution in [2.75, 3.05) is 18.2 Å². The van der Waals surface area contributed by atoms with Gasteiger partial charge in [-0.05, 0) is 29.7 Å². The number of hydrogen-bond donors (Lipinski definition) is 2. The number of ether oxygens (including phenoxy) is 1. The van der Waals surface area contributed by atoms with Gasteiger partial charge in [-0.3, -0.25) is 0 Å². The molecule has 0 heterocycles. The molecule has 110 valence electrons. The van der Waals surface area contributed by atoms with Crippen LogP contribution in [0.5, 0.6) is 0 Å². The van der Waals surface area contributed by atoms with Crippen LogP contribution < -0.4 is 11.1 Å². The van der Waals surface area contributed by atoms with Gasteiger partial charge in [-0.2, -0.15) is 0 Å². The zero-order valence-corrected chi connectivity index (χ0v) is 12.3. The topological polar surface area (TPSA) is 64.3 Å². The van der Waals surface area contributed by atoms with Crippen molar-refractivity contribution in [1.29, 1.82) is 0 Å². The normalized spacial score (nSPS) is 10.2. The molecule has 4 heteroatoms. The molecule has 3 N–H and O–H groups in total. The molecule has 2 rings (SSSR count). The van der Waals surface area contributed by atoms with Gasteiger partial charge in [-0.15, -0.1) is 0 Å². The number of carbonyl (C=O) groups excluding carboxylic acids is 1. The Kier molecular flexibility index (Phi) is 4.82. The van der Waals surface area contributed by atoms with Gasteiger partial charge in [-0.1, -0.05) is 37.3 Å². The summed E-state index contributed by atoms with van der Waals surface area (Å²) in [6.07, 6.45) is 0.982. The summed E-state index contributed by atoms with van der Waals surface area (Å²) < 4.78 is 4.72. The molecule has 2 aromatic rings. The highest BCUT2D eigenvalue weighted by Crippen LogP contribution is 2.24. The van der Waals surface area contributed by atoms with Gasteiger partial charge in [0.05, 0.1) is 24.0 Å². The number of rotatable bonds is 5. The fourth-order valence-electron chi connectivity index (χ4n) is 2.27. The van der Waals surface area contributed by atoms with Gasteiger partial charge in [0.2, 0.25) is 0 Å². The maximum absolute atomic E-state index is 11.6. The molecular weight excluding hydrogens is 264 g/mol. The summed E-state index contributed by atoms with van der Waals surface area (Å²) in [5, 5.41) is 3.29. The number of aryl methyl sites for hydroxylation is 1. The SMILES string of the molecule is CCc1ccccc1CNc1cccc(C(=O)OC)c1N. The van der Waals surface area contributed by atoms with Crippen molar-refractivity contribution in [1.82, 2.24) is 0 Å². The number of hydrogen-bond acceptors (Lipinski definition) is 4. The summed E-state index contributed by atoms with van der Waals surface area (Å²) in [6, 6.07) is 13.6. The monoisotopic (exact) mass is 284 g/mol. The second-order valence-corrected chi connectivity index (χ2v) is 4.73. The number of nitrogens with two attached hydrogens (primary N) is 1. The van der Waals surface area contributed by atoms with Crippen LogP contribution in [0.25, 0.3) is 0 Å². The molecule has 0 saturated heterocycles. The minimum atomic E-state index is -0.426. The van der Waals surface area contributed by atoms with Gasteiger partial charge < -0.3 is 15.8 Å². The Morgan fingerprint density at radius 1 is 1.14 bits per heavy atom. The standard InChI is InChI=1S/C17H20N2O2/c1-3-12-7-4-5-8-13(12)11-19-15-10-6-9-14(16(15)18)17(20)21-2/h4-10,19H,3,11,18H2,1-2H3. The highest BCUT2D eigenvalue weighted by molar-refractivity contribution is 5.98. The molecule has 0 aromatic heterocycles. The van der Waals surface area contributed by atoms with Gasteiger partial charge in [0.25, 0.3) is 0 Å². The van der Waals surface area contributed by atoms with E-state index in [0.29, 0.717) is 17.8 Å². The summed E-state index contributed by atoms with van der Waals surface area (Å²) in [5.74, 6) is -0.426. The van der Waals surface area contributed by atoms with E-state index in [-0.39, 0.29) is 0 Å². The Morgan fingerprint density at radius 3 is 2.52 bits per heavy atom. The largest absolute Gasteiger partial charge is 0.465 e. The lowest BCUT2D eigenvalue weighted by molar-refractivity contribution is 0.0602. The number of nitrogens with one attached hydrogen (secondary N) is 1. The van der Waals surface area contributed by atoms with Gasteiger partial charge in [0.1, 0.15) is 0 Å². The van der Waals surface area contributed by atoms with Gasteiger partial charge in [0.15, 0.2) is 0 Å². The molecular formula is C17H20N2O2. The zero-order chi connectivity index (χ0) is 15.2. The van der Waals surface area contributed by atoms with Crippen LogP contribution in [0, 0.1) is 0 Å². The summed E-state index contributed by atoms with van der Waals surface area (Å²) in [7, 11) is 1.35. The molecule has 0 amide bonds. The fourth-order valence-corrected chi connectivity index (χ4v) is 2.27. The molecule has 0 unspecified atom stereocenters. The zero-order valence-electron chi connectivity index (χ0n) is 12.3. The number of anilines is 2. The molecule has 2 aromatic carbocycles. The fraction of sp³-hybridized carbons (Fsp3) is 0.235. The first-order valence-electron chi connectivity index (χ1n) is 6.94. The number of esters is 1. The van der Waals surface area contributed by atoms with E-state index >= 15 is 0 Å². The lowest BCUT2D eigenvalue weighted by Crippen LogP contribution is -2.09. The molecule has 0 aliphatic rings. The molecule has 0 aliphatic heterocycles. The van der Waals surface area contributed by atoms with Crippen LogP contribution >= 0.6 is 0 Å².